The zero-order valence-corrected chi connectivity index (χ0v) is 15.0. The summed E-state index contributed by atoms with van der Waals surface area (Å²) in [5, 5.41) is 3.94. The van der Waals surface area contributed by atoms with Crippen LogP contribution in [0.5, 0.6) is 0 Å². The van der Waals surface area contributed by atoms with Crippen molar-refractivity contribution in [1.82, 2.24) is 14.5 Å². The Morgan fingerprint density at radius 1 is 0.885 bits per heavy atom. The summed E-state index contributed by atoms with van der Waals surface area (Å²) in [6.45, 7) is 6.27. The maximum Gasteiger partial charge on any atom is 0.276 e. The first-order valence-corrected chi connectivity index (χ1v) is 8.58. The molecular weight excluding hydrogens is 324 g/mol. The molecule has 4 aromatic rings. The van der Waals surface area contributed by atoms with Gasteiger partial charge in [0.1, 0.15) is 5.69 Å². The van der Waals surface area contributed by atoms with Gasteiger partial charge in [-0.05, 0) is 45.0 Å². The number of nitrogens with zero attached hydrogens (tertiary/aromatic N) is 3. The lowest BCUT2D eigenvalue weighted by Crippen LogP contribution is -2.26. The molecule has 1 amide bonds. The smallest absolute Gasteiger partial charge is 0.276 e. The van der Waals surface area contributed by atoms with Crippen molar-refractivity contribution in [2.75, 3.05) is 5.32 Å². The predicted molar refractivity (Wildman–Crippen MR) is 104 cm³/mol. The van der Waals surface area contributed by atoms with Gasteiger partial charge in [0.05, 0.1) is 16.6 Å². The number of para-hydroxylation sites is 3. The van der Waals surface area contributed by atoms with E-state index < -0.39 is 0 Å². The largest absolute Gasteiger partial charge is 0.305 e. The second kappa shape index (κ2) is 5.95. The maximum absolute atomic E-state index is 12.8. The van der Waals surface area contributed by atoms with Gasteiger partial charge in [-0.3, -0.25) is 10.1 Å². The van der Waals surface area contributed by atoms with Gasteiger partial charge >= 0.3 is 0 Å². The summed E-state index contributed by atoms with van der Waals surface area (Å²) in [6.07, 6.45) is 0. The molecule has 2 aromatic carbocycles. The lowest BCUT2D eigenvalue weighted by Gasteiger charge is -2.24. The molecule has 130 valence electrons. The maximum atomic E-state index is 12.8. The third kappa shape index (κ3) is 2.81. The van der Waals surface area contributed by atoms with Crippen molar-refractivity contribution in [3.05, 3.63) is 66.4 Å². The number of carbonyl (C=O) groups is 1. The van der Waals surface area contributed by atoms with E-state index in [0.717, 1.165) is 21.9 Å². The van der Waals surface area contributed by atoms with Gasteiger partial charge in [-0.1, -0.05) is 36.4 Å². The van der Waals surface area contributed by atoms with Crippen molar-refractivity contribution in [2.45, 2.75) is 26.3 Å². The number of nitrogens with one attached hydrogen (secondary N) is 1. The fraction of sp³-hybridized carbons (Fsp3) is 0.190. The van der Waals surface area contributed by atoms with Crippen LogP contribution in [0.25, 0.3) is 21.9 Å². The Balaban J connectivity index is 1.75. The summed E-state index contributed by atoms with van der Waals surface area (Å²) in [7, 11) is 0. The Labute approximate surface area is 151 Å². The van der Waals surface area contributed by atoms with Crippen LogP contribution in [0.3, 0.4) is 0 Å². The summed E-state index contributed by atoms with van der Waals surface area (Å²) in [5.41, 5.74) is 2.78. The average molecular weight is 344 g/mol. The first kappa shape index (κ1) is 16.3. The first-order chi connectivity index (χ1) is 12.4. The van der Waals surface area contributed by atoms with Crippen molar-refractivity contribution in [3.63, 3.8) is 0 Å². The number of aromatic nitrogens is 3. The number of amides is 1. The Morgan fingerprint density at radius 2 is 1.58 bits per heavy atom. The van der Waals surface area contributed by atoms with Crippen molar-refractivity contribution in [1.29, 1.82) is 0 Å². The first-order valence-electron chi connectivity index (χ1n) is 8.58. The Bertz CT molecular complexity index is 1120. The number of imidazole rings is 1. The predicted octanol–water partition coefficient (Wildman–Crippen LogP) is 4.59. The van der Waals surface area contributed by atoms with Crippen LogP contribution in [-0.4, -0.2) is 20.4 Å². The molecule has 0 spiro atoms. The van der Waals surface area contributed by atoms with Gasteiger partial charge in [-0.15, -0.1) is 0 Å². The number of carbonyl (C=O) groups excluding carboxylic acids is 1. The molecule has 0 saturated carbocycles. The average Bonchev–Trinajstić information content (AvgIpc) is 2.99. The Morgan fingerprint density at radius 3 is 2.35 bits per heavy atom. The van der Waals surface area contributed by atoms with Crippen LogP contribution in [0, 0.1) is 0 Å². The number of pyridine rings is 1. The molecule has 0 radical (unpaired) electrons. The zero-order chi connectivity index (χ0) is 18.3. The van der Waals surface area contributed by atoms with Gasteiger partial charge in [0.15, 0.2) is 0 Å². The fourth-order valence-corrected chi connectivity index (χ4v) is 3.15. The van der Waals surface area contributed by atoms with Crippen molar-refractivity contribution >= 4 is 33.8 Å². The van der Waals surface area contributed by atoms with Crippen LogP contribution in [0.15, 0.2) is 60.7 Å². The highest BCUT2D eigenvalue weighted by Gasteiger charge is 2.23. The Hall–Kier alpha value is -3.21. The topological polar surface area (TPSA) is 59.8 Å². The molecule has 0 atom stereocenters. The SMILES string of the molecule is CC(C)(C)n1c(NC(=O)c2ccc3ccccc3n2)nc2ccccc21. The number of anilines is 1. The van der Waals surface area contributed by atoms with Crippen LogP contribution in [-0.2, 0) is 5.54 Å². The van der Waals surface area contributed by atoms with Crippen LogP contribution in [0.1, 0.15) is 31.3 Å². The van der Waals surface area contributed by atoms with E-state index in [1.807, 2.05) is 59.2 Å². The molecule has 0 bridgehead atoms. The third-order valence-electron chi connectivity index (χ3n) is 4.29. The van der Waals surface area contributed by atoms with E-state index >= 15 is 0 Å². The van der Waals surface area contributed by atoms with E-state index in [1.54, 1.807) is 6.07 Å². The molecule has 2 heterocycles. The molecule has 0 aliphatic rings. The minimum absolute atomic E-state index is 0.227. The van der Waals surface area contributed by atoms with Crippen molar-refractivity contribution < 1.29 is 4.79 Å². The van der Waals surface area contributed by atoms with Crippen LogP contribution in [0.2, 0.25) is 0 Å². The Kier molecular flexibility index (Phi) is 3.72. The lowest BCUT2D eigenvalue weighted by molar-refractivity contribution is 0.102. The monoisotopic (exact) mass is 344 g/mol. The van der Waals surface area contributed by atoms with Gasteiger partial charge in [0.2, 0.25) is 5.95 Å². The highest BCUT2D eigenvalue weighted by Crippen LogP contribution is 2.28. The minimum atomic E-state index is -0.267. The molecule has 26 heavy (non-hydrogen) atoms. The number of rotatable bonds is 2. The summed E-state index contributed by atoms with van der Waals surface area (Å²) in [5.74, 6) is 0.259. The number of fused-ring (bicyclic) bond motifs is 2. The molecule has 5 nitrogen and oxygen atoms in total. The molecular formula is C21H20N4O. The van der Waals surface area contributed by atoms with E-state index in [-0.39, 0.29) is 11.4 Å². The van der Waals surface area contributed by atoms with E-state index in [4.69, 9.17) is 0 Å². The normalized spacial score (nSPS) is 11.8. The lowest BCUT2D eigenvalue weighted by atomic mass is 10.1. The molecule has 1 N–H and O–H groups in total. The standard InChI is InChI=1S/C21H20N4O/c1-21(2,3)25-18-11-7-6-10-16(18)23-20(25)24-19(26)17-13-12-14-8-4-5-9-15(14)22-17/h4-13H,1-3H3,(H,23,24,26). The second-order valence-electron chi connectivity index (χ2n) is 7.27. The highest BCUT2D eigenvalue weighted by molar-refractivity contribution is 6.04. The molecule has 2 aromatic heterocycles. The van der Waals surface area contributed by atoms with Crippen LogP contribution >= 0.6 is 0 Å². The van der Waals surface area contributed by atoms with Gasteiger partial charge < -0.3 is 4.57 Å². The zero-order valence-electron chi connectivity index (χ0n) is 15.0. The van der Waals surface area contributed by atoms with Crippen molar-refractivity contribution in [3.8, 4) is 0 Å². The van der Waals surface area contributed by atoms with Gasteiger partial charge in [0, 0.05) is 10.9 Å². The molecule has 4 rings (SSSR count). The van der Waals surface area contributed by atoms with Gasteiger partial charge in [0.25, 0.3) is 5.91 Å². The quantitative estimate of drug-likeness (QED) is 0.578. The van der Waals surface area contributed by atoms with E-state index in [9.17, 15) is 4.79 Å². The summed E-state index contributed by atoms with van der Waals surface area (Å²) >= 11 is 0. The number of benzene rings is 2. The molecule has 0 saturated heterocycles. The molecule has 0 aliphatic heterocycles. The van der Waals surface area contributed by atoms with E-state index in [1.165, 1.54) is 0 Å². The van der Waals surface area contributed by atoms with Gasteiger partial charge in [-0.2, -0.15) is 0 Å². The summed E-state index contributed by atoms with van der Waals surface area (Å²) < 4.78 is 2.04. The van der Waals surface area contributed by atoms with E-state index in [0.29, 0.717) is 11.6 Å². The second-order valence-corrected chi connectivity index (χ2v) is 7.27. The highest BCUT2D eigenvalue weighted by atomic mass is 16.2. The number of hydrogen-bond donors (Lipinski definition) is 1. The third-order valence-corrected chi connectivity index (χ3v) is 4.29. The summed E-state index contributed by atoms with van der Waals surface area (Å²) in [4.78, 5) is 21.9. The number of hydrogen-bond acceptors (Lipinski definition) is 3. The molecule has 0 fully saturated rings. The molecule has 0 aliphatic carbocycles. The van der Waals surface area contributed by atoms with E-state index in [2.05, 4.69) is 36.1 Å². The molecule has 0 unspecified atom stereocenters. The van der Waals surface area contributed by atoms with Gasteiger partial charge in [-0.25, -0.2) is 9.97 Å². The van der Waals surface area contributed by atoms with Crippen LogP contribution < -0.4 is 5.32 Å². The minimum Gasteiger partial charge on any atom is -0.305 e. The summed E-state index contributed by atoms with van der Waals surface area (Å²) in [6, 6.07) is 19.3. The van der Waals surface area contributed by atoms with Crippen LogP contribution in [0.4, 0.5) is 5.95 Å². The fourth-order valence-electron chi connectivity index (χ4n) is 3.15. The molecule has 5 heteroatoms. The van der Waals surface area contributed by atoms with Crippen molar-refractivity contribution in [2.24, 2.45) is 0 Å².